The molecule has 0 saturated heterocycles. The van der Waals surface area contributed by atoms with E-state index in [9.17, 15) is 13.2 Å². The number of halogens is 3. The number of aromatic nitrogens is 1. The second-order valence-corrected chi connectivity index (χ2v) is 4.72. The molecule has 1 aromatic heterocycles. The molecule has 0 atom stereocenters. The highest BCUT2D eigenvalue weighted by Crippen LogP contribution is 2.35. The van der Waals surface area contributed by atoms with Gasteiger partial charge in [-0.1, -0.05) is 11.8 Å². The van der Waals surface area contributed by atoms with Crippen LogP contribution >= 0.6 is 11.8 Å². The average molecular weight is 280 g/mol. The smallest absolute Gasteiger partial charge is 0.265 e. The number of hydrogen-bond donors (Lipinski definition) is 0. The Balaban J connectivity index is 2.35. The molecule has 0 spiro atoms. The van der Waals surface area contributed by atoms with Crippen molar-refractivity contribution in [2.45, 2.75) is 16.0 Å². The van der Waals surface area contributed by atoms with E-state index < -0.39 is 11.7 Å². The molecular formula is C13H7F3N2S. The fraction of sp³-hybridized carbons (Fsp3) is 0.0769. The molecule has 2 nitrogen and oxygen atoms in total. The fourth-order valence-corrected chi connectivity index (χ4v) is 2.28. The number of benzene rings is 1. The monoisotopic (exact) mass is 280 g/mol. The van der Waals surface area contributed by atoms with Crippen LogP contribution in [0, 0.1) is 11.3 Å². The number of hydrogen-bond acceptors (Lipinski definition) is 3. The third kappa shape index (κ3) is 3.26. The largest absolute Gasteiger partial charge is 0.416 e. The van der Waals surface area contributed by atoms with Crippen LogP contribution in [0.2, 0.25) is 0 Å². The summed E-state index contributed by atoms with van der Waals surface area (Å²) in [6.07, 6.45) is -1.28. The van der Waals surface area contributed by atoms with Crippen LogP contribution in [0.4, 0.5) is 13.2 Å². The third-order valence-corrected chi connectivity index (χ3v) is 3.39. The van der Waals surface area contributed by atoms with Gasteiger partial charge in [0.15, 0.2) is 0 Å². The number of nitrogens with zero attached hydrogens (tertiary/aromatic N) is 2. The van der Waals surface area contributed by atoms with Crippen LogP contribution in [0.1, 0.15) is 11.1 Å². The van der Waals surface area contributed by atoms with Crippen LogP contribution in [0.3, 0.4) is 0 Å². The average Bonchev–Trinajstić information content (AvgIpc) is 2.39. The first kappa shape index (κ1) is 13.4. The molecule has 0 saturated carbocycles. The minimum absolute atomic E-state index is 0.0108. The summed E-state index contributed by atoms with van der Waals surface area (Å²) in [5, 5.41) is 8.94. The summed E-state index contributed by atoms with van der Waals surface area (Å²) in [6.45, 7) is 0. The lowest BCUT2D eigenvalue weighted by Crippen LogP contribution is -2.05. The van der Waals surface area contributed by atoms with Gasteiger partial charge in [0.2, 0.25) is 0 Å². The highest BCUT2D eigenvalue weighted by molar-refractivity contribution is 7.99. The number of rotatable bonds is 2. The number of pyridine rings is 1. The van der Waals surface area contributed by atoms with Crippen molar-refractivity contribution >= 4 is 11.8 Å². The van der Waals surface area contributed by atoms with E-state index in [4.69, 9.17) is 5.26 Å². The van der Waals surface area contributed by atoms with Gasteiger partial charge in [-0.2, -0.15) is 18.4 Å². The van der Waals surface area contributed by atoms with E-state index in [0.29, 0.717) is 4.90 Å². The first-order valence-electron chi connectivity index (χ1n) is 5.20. The Morgan fingerprint density at radius 2 is 1.79 bits per heavy atom. The van der Waals surface area contributed by atoms with E-state index >= 15 is 0 Å². The maximum Gasteiger partial charge on any atom is 0.416 e. The molecule has 0 amide bonds. The molecule has 1 heterocycles. The molecule has 0 aliphatic heterocycles. The second kappa shape index (κ2) is 5.33. The highest BCUT2D eigenvalue weighted by atomic mass is 32.2. The van der Waals surface area contributed by atoms with Crippen molar-refractivity contribution in [1.29, 1.82) is 5.26 Å². The topological polar surface area (TPSA) is 36.7 Å². The quantitative estimate of drug-likeness (QED) is 0.830. The van der Waals surface area contributed by atoms with E-state index in [2.05, 4.69) is 4.98 Å². The van der Waals surface area contributed by atoms with E-state index in [1.807, 2.05) is 0 Å². The zero-order valence-corrected chi connectivity index (χ0v) is 10.3. The van der Waals surface area contributed by atoms with Gasteiger partial charge >= 0.3 is 6.18 Å². The molecule has 96 valence electrons. The van der Waals surface area contributed by atoms with E-state index in [-0.39, 0.29) is 5.56 Å². The first-order chi connectivity index (χ1) is 9.00. The normalized spacial score (nSPS) is 11.1. The zero-order valence-electron chi connectivity index (χ0n) is 9.48. The van der Waals surface area contributed by atoms with Gasteiger partial charge in [-0.05, 0) is 30.3 Å². The van der Waals surface area contributed by atoms with Crippen molar-refractivity contribution < 1.29 is 13.2 Å². The number of nitriles is 1. The van der Waals surface area contributed by atoms with Gasteiger partial charge in [-0.3, -0.25) is 4.98 Å². The Morgan fingerprint density at radius 3 is 2.37 bits per heavy atom. The molecule has 0 aliphatic rings. The van der Waals surface area contributed by atoms with Gasteiger partial charge < -0.3 is 0 Å². The molecule has 0 unspecified atom stereocenters. The molecule has 0 bridgehead atoms. The lowest BCUT2D eigenvalue weighted by Gasteiger charge is -2.09. The molecule has 6 heteroatoms. The van der Waals surface area contributed by atoms with Crippen molar-refractivity contribution in [3.63, 3.8) is 0 Å². The van der Waals surface area contributed by atoms with Crippen molar-refractivity contribution in [1.82, 2.24) is 4.98 Å². The molecule has 1 aromatic carbocycles. The summed E-state index contributed by atoms with van der Waals surface area (Å²) >= 11 is 1.23. The Morgan fingerprint density at radius 1 is 1.11 bits per heavy atom. The van der Waals surface area contributed by atoms with E-state index in [1.54, 1.807) is 30.6 Å². The summed E-state index contributed by atoms with van der Waals surface area (Å²) in [7, 11) is 0. The summed E-state index contributed by atoms with van der Waals surface area (Å²) in [4.78, 5) is 5.15. The molecule has 0 aliphatic carbocycles. The van der Waals surface area contributed by atoms with Crippen LogP contribution in [-0.2, 0) is 6.18 Å². The Labute approximate surface area is 111 Å². The molecule has 0 radical (unpaired) electrons. The molecule has 2 rings (SSSR count). The van der Waals surface area contributed by atoms with E-state index in [0.717, 1.165) is 17.0 Å². The van der Waals surface area contributed by atoms with Gasteiger partial charge in [0.05, 0.1) is 11.1 Å². The van der Waals surface area contributed by atoms with Crippen LogP contribution in [0.25, 0.3) is 0 Å². The van der Waals surface area contributed by atoms with Gasteiger partial charge in [-0.15, -0.1) is 0 Å². The Hall–Kier alpha value is -2.00. The Kier molecular flexibility index (Phi) is 3.76. The summed E-state index contributed by atoms with van der Waals surface area (Å²) < 4.78 is 37.6. The second-order valence-electron chi connectivity index (χ2n) is 3.61. The lowest BCUT2D eigenvalue weighted by molar-refractivity contribution is -0.137. The van der Waals surface area contributed by atoms with Crippen molar-refractivity contribution in [2.24, 2.45) is 0 Å². The van der Waals surface area contributed by atoms with Crippen LogP contribution in [0.15, 0.2) is 52.5 Å². The zero-order chi connectivity index (χ0) is 13.9. The maximum atomic E-state index is 12.5. The van der Waals surface area contributed by atoms with Gasteiger partial charge in [-0.25, -0.2) is 0 Å². The minimum atomic E-state index is -4.44. The first-order valence-corrected chi connectivity index (χ1v) is 6.01. The SMILES string of the molecule is N#Cc1cc(C(F)(F)F)ccc1Sc1ccncc1. The van der Waals surface area contributed by atoms with Gasteiger partial charge in [0.1, 0.15) is 6.07 Å². The molecule has 2 aromatic rings. The standard InChI is InChI=1S/C13H7F3N2S/c14-13(15,16)10-1-2-12(9(7-10)8-17)19-11-3-5-18-6-4-11/h1-7H. The third-order valence-electron chi connectivity index (χ3n) is 2.30. The lowest BCUT2D eigenvalue weighted by atomic mass is 10.1. The molecule has 0 fully saturated rings. The van der Waals surface area contributed by atoms with Gasteiger partial charge in [0, 0.05) is 22.2 Å². The van der Waals surface area contributed by atoms with Crippen molar-refractivity contribution in [2.75, 3.05) is 0 Å². The maximum absolute atomic E-state index is 12.5. The fourth-order valence-electron chi connectivity index (χ4n) is 1.42. The van der Waals surface area contributed by atoms with Gasteiger partial charge in [0.25, 0.3) is 0 Å². The summed E-state index contributed by atoms with van der Waals surface area (Å²) in [5.41, 5.74) is -0.806. The Bertz CT molecular complexity index is 618. The van der Waals surface area contributed by atoms with Crippen LogP contribution in [0.5, 0.6) is 0 Å². The molecule has 19 heavy (non-hydrogen) atoms. The van der Waals surface area contributed by atoms with E-state index in [1.165, 1.54) is 17.8 Å². The summed E-state index contributed by atoms with van der Waals surface area (Å²) in [6, 6.07) is 8.40. The predicted octanol–water partition coefficient (Wildman–Crippen LogP) is 4.12. The van der Waals surface area contributed by atoms with Crippen LogP contribution < -0.4 is 0 Å². The number of alkyl halides is 3. The van der Waals surface area contributed by atoms with Crippen LogP contribution in [-0.4, -0.2) is 4.98 Å². The predicted molar refractivity (Wildman–Crippen MR) is 64.5 cm³/mol. The van der Waals surface area contributed by atoms with Crippen molar-refractivity contribution in [3.8, 4) is 6.07 Å². The summed E-state index contributed by atoms with van der Waals surface area (Å²) in [5.74, 6) is 0. The minimum Gasteiger partial charge on any atom is -0.265 e. The molecular weight excluding hydrogens is 273 g/mol. The van der Waals surface area contributed by atoms with Crippen molar-refractivity contribution in [3.05, 3.63) is 53.9 Å². The highest BCUT2D eigenvalue weighted by Gasteiger charge is 2.31. The molecule has 0 N–H and O–H groups in total.